The smallest absolute Gasteiger partial charge is 0.343 e. The van der Waals surface area contributed by atoms with Crippen LogP contribution in [0.25, 0.3) is 0 Å². The molecule has 2 aromatic carbocycles. The molecule has 2 aromatic rings. The van der Waals surface area contributed by atoms with E-state index < -0.39 is 28.3 Å². The average Bonchev–Trinajstić information content (AvgIpc) is 2.61. The fourth-order valence-corrected chi connectivity index (χ4v) is 2.01. The number of carboxylic acids is 1. The predicted octanol–water partition coefficient (Wildman–Crippen LogP) is 3.11. The number of rotatable bonds is 6. The Bertz CT molecular complexity index is 904. The summed E-state index contributed by atoms with van der Waals surface area (Å²) in [5.41, 5.74) is -0.235. The molecule has 9 heteroatoms. The van der Waals surface area contributed by atoms with Crippen molar-refractivity contribution >= 4 is 29.2 Å². The first-order valence-corrected chi connectivity index (χ1v) is 7.84. The summed E-state index contributed by atoms with van der Waals surface area (Å²) < 4.78 is 5.01. The van der Waals surface area contributed by atoms with Crippen LogP contribution < -0.4 is 10.1 Å². The van der Waals surface area contributed by atoms with Crippen LogP contribution in [0.4, 0.5) is 11.4 Å². The Hall–Kier alpha value is -3.75. The molecular weight excluding hydrogens is 356 g/mol. The van der Waals surface area contributed by atoms with Crippen molar-refractivity contribution in [1.82, 2.24) is 0 Å². The Labute approximate surface area is 153 Å². The second-order valence-electron chi connectivity index (χ2n) is 5.86. The van der Waals surface area contributed by atoms with Crippen molar-refractivity contribution in [2.45, 2.75) is 13.8 Å². The molecule has 0 saturated carbocycles. The molecule has 140 valence electrons. The number of carboxylic acid groups (broad SMARTS) is 1. The number of benzene rings is 2. The molecule has 0 radical (unpaired) electrons. The lowest BCUT2D eigenvalue weighted by atomic mass is 10.1. The quantitative estimate of drug-likeness (QED) is 0.344. The molecule has 0 aromatic heterocycles. The maximum absolute atomic E-state index is 12.2. The van der Waals surface area contributed by atoms with Crippen molar-refractivity contribution in [3.8, 4) is 5.75 Å². The van der Waals surface area contributed by atoms with E-state index in [0.29, 0.717) is 5.69 Å². The number of esters is 1. The lowest BCUT2D eigenvalue weighted by Gasteiger charge is -2.09. The van der Waals surface area contributed by atoms with Gasteiger partial charge in [-0.3, -0.25) is 14.9 Å². The summed E-state index contributed by atoms with van der Waals surface area (Å²) in [6, 6.07) is 8.64. The van der Waals surface area contributed by atoms with E-state index >= 15 is 0 Å². The first kappa shape index (κ1) is 19.6. The minimum atomic E-state index is -1.31. The van der Waals surface area contributed by atoms with Gasteiger partial charge in [0.05, 0.1) is 16.1 Å². The largest absolute Gasteiger partial charge is 0.478 e. The first-order chi connectivity index (χ1) is 12.7. The number of nitrogens with zero attached hydrogens (tertiary/aromatic N) is 1. The third-order valence-electron chi connectivity index (χ3n) is 3.52. The molecule has 9 nitrogen and oxygen atoms in total. The van der Waals surface area contributed by atoms with Crippen LogP contribution in [0.3, 0.4) is 0 Å². The molecule has 2 rings (SSSR count). The van der Waals surface area contributed by atoms with Crippen LogP contribution in [-0.2, 0) is 4.79 Å². The van der Waals surface area contributed by atoms with Crippen molar-refractivity contribution < 1.29 is 29.2 Å². The number of carbonyl (C=O) groups excluding carboxylic acids is 2. The van der Waals surface area contributed by atoms with E-state index in [1.807, 2.05) is 0 Å². The third-order valence-corrected chi connectivity index (χ3v) is 3.52. The van der Waals surface area contributed by atoms with Crippen molar-refractivity contribution in [2.24, 2.45) is 5.92 Å². The normalized spacial score (nSPS) is 10.3. The minimum Gasteiger partial charge on any atom is -0.478 e. The van der Waals surface area contributed by atoms with Gasteiger partial charge in [0.2, 0.25) is 11.7 Å². The van der Waals surface area contributed by atoms with Crippen molar-refractivity contribution in [3.05, 3.63) is 63.7 Å². The van der Waals surface area contributed by atoms with Crippen molar-refractivity contribution in [1.29, 1.82) is 0 Å². The molecule has 0 saturated heterocycles. The highest BCUT2D eigenvalue weighted by molar-refractivity contribution is 5.95. The number of amides is 1. The van der Waals surface area contributed by atoms with Gasteiger partial charge in [-0.15, -0.1) is 0 Å². The van der Waals surface area contributed by atoms with E-state index in [2.05, 4.69) is 5.32 Å². The zero-order valence-electron chi connectivity index (χ0n) is 14.5. The van der Waals surface area contributed by atoms with Crippen LogP contribution in [0.15, 0.2) is 42.5 Å². The molecule has 0 heterocycles. The van der Waals surface area contributed by atoms with E-state index in [4.69, 9.17) is 9.84 Å². The van der Waals surface area contributed by atoms with E-state index in [0.717, 1.165) is 18.2 Å². The number of nitrogens with one attached hydrogen (secondary N) is 1. The fraction of sp³-hybridized carbons (Fsp3) is 0.167. The predicted molar refractivity (Wildman–Crippen MR) is 94.9 cm³/mol. The van der Waals surface area contributed by atoms with E-state index in [1.54, 1.807) is 13.8 Å². The number of nitro benzene ring substituents is 1. The summed E-state index contributed by atoms with van der Waals surface area (Å²) in [4.78, 5) is 45.2. The molecule has 0 aliphatic rings. The highest BCUT2D eigenvalue weighted by Gasteiger charge is 2.21. The van der Waals surface area contributed by atoms with Gasteiger partial charge in [-0.05, 0) is 30.3 Å². The number of hydrogen-bond acceptors (Lipinski definition) is 6. The maximum Gasteiger partial charge on any atom is 0.343 e. The highest BCUT2D eigenvalue weighted by atomic mass is 16.6. The summed E-state index contributed by atoms with van der Waals surface area (Å²) in [6.45, 7) is 3.47. The molecule has 0 atom stereocenters. The van der Waals surface area contributed by atoms with Gasteiger partial charge >= 0.3 is 17.6 Å². The van der Waals surface area contributed by atoms with Gasteiger partial charge in [-0.25, -0.2) is 9.59 Å². The van der Waals surface area contributed by atoms with E-state index in [1.165, 1.54) is 24.3 Å². The summed E-state index contributed by atoms with van der Waals surface area (Å²) >= 11 is 0. The number of ether oxygens (including phenoxy) is 1. The van der Waals surface area contributed by atoms with Gasteiger partial charge in [0.15, 0.2) is 0 Å². The Morgan fingerprint density at radius 1 is 1.07 bits per heavy atom. The van der Waals surface area contributed by atoms with Gasteiger partial charge in [0.1, 0.15) is 0 Å². The number of anilines is 1. The summed E-state index contributed by atoms with van der Waals surface area (Å²) in [6.07, 6.45) is 0. The number of nitro groups is 1. The van der Waals surface area contributed by atoms with Crippen molar-refractivity contribution in [3.63, 3.8) is 0 Å². The topological polar surface area (TPSA) is 136 Å². The zero-order valence-corrected chi connectivity index (χ0v) is 14.5. The van der Waals surface area contributed by atoms with Crippen LogP contribution in [0.5, 0.6) is 5.75 Å². The minimum absolute atomic E-state index is 0.0765. The number of aromatic carboxylic acids is 1. The number of carbonyl (C=O) groups is 3. The van der Waals surface area contributed by atoms with Gasteiger partial charge in [0.25, 0.3) is 0 Å². The molecule has 2 N–H and O–H groups in total. The van der Waals surface area contributed by atoms with Crippen LogP contribution >= 0.6 is 0 Å². The summed E-state index contributed by atoms with van der Waals surface area (Å²) in [7, 11) is 0. The van der Waals surface area contributed by atoms with Gasteiger partial charge < -0.3 is 15.2 Å². The Balaban J connectivity index is 2.22. The Morgan fingerprint density at radius 2 is 1.67 bits per heavy atom. The highest BCUT2D eigenvalue weighted by Crippen LogP contribution is 2.29. The molecule has 1 amide bonds. The zero-order chi connectivity index (χ0) is 20.1. The first-order valence-electron chi connectivity index (χ1n) is 7.84. The summed E-state index contributed by atoms with van der Waals surface area (Å²) in [5.74, 6) is -3.08. The van der Waals surface area contributed by atoms with Gasteiger partial charge in [-0.1, -0.05) is 13.8 Å². The maximum atomic E-state index is 12.2. The van der Waals surface area contributed by atoms with Gasteiger partial charge in [0, 0.05) is 23.7 Å². The molecule has 0 aliphatic heterocycles. The SMILES string of the molecule is CC(C)C(=O)Nc1ccc(C(=O)Oc2cc(C(=O)O)ccc2[N+](=O)[O-])cc1. The van der Waals surface area contributed by atoms with E-state index in [9.17, 15) is 24.5 Å². The molecule has 0 spiro atoms. The van der Waals surface area contributed by atoms with Crippen LogP contribution in [-0.4, -0.2) is 27.9 Å². The van der Waals surface area contributed by atoms with Crippen LogP contribution in [0.1, 0.15) is 34.6 Å². The van der Waals surface area contributed by atoms with Gasteiger partial charge in [-0.2, -0.15) is 0 Å². The molecule has 27 heavy (non-hydrogen) atoms. The van der Waals surface area contributed by atoms with E-state index in [-0.39, 0.29) is 23.0 Å². The molecule has 0 aliphatic carbocycles. The second-order valence-corrected chi connectivity index (χ2v) is 5.86. The van der Waals surface area contributed by atoms with Crippen LogP contribution in [0.2, 0.25) is 0 Å². The standard InChI is InChI=1S/C18H16N2O7/c1-10(2)16(21)19-13-6-3-11(4-7-13)18(24)27-15-9-12(17(22)23)5-8-14(15)20(25)26/h3-10H,1-2H3,(H,19,21)(H,22,23). The third kappa shape index (κ3) is 4.88. The molecule has 0 fully saturated rings. The Kier molecular flexibility index (Phi) is 5.86. The van der Waals surface area contributed by atoms with Crippen LogP contribution in [0, 0.1) is 16.0 Å². The fourth-order valence-electron chi connectivity index (χ4n) is 2.01. The lowest BCUT2D eigenvalue weighted by Crippen LogP contribution is -2.17. The number of hydrogen-bond donors (Lipinski definition) is 2. The average molecular weight is 372 g/mol. The second kappa shape index (κ2) is 8.09. The molecule has 0 unspecified atom stereocenters. The van der Waals surface area contributed by atoms with Crippen molar-refractivity contribution in [2.75, 3.05) is 5.32 Å². The monoisotopic (exact) mass is 372 g/mol. The lowest BCUT2D eigenvalue weighted by molar-refractivity contribution is -0.385. The Morgan fingerprint density at radius 3 is 2.19 bits per heavy atom. The molecule has 0 bridgehead atoms. The molecular formula is C18H16N2O7. The summed E-state index contributed by atoms with van der Waals surface area (Å²) in [5, 5.41) is 22.7.